The molecular formula is C21H22O7. The zero-order valence-electron chi connectivity index (χ0n) is 15.3. The Labute approximate surface area is 162 Å². The Morgan fingerprint density at radius 3 is 2.39 bits per heavy atom. The third kappa shape index (κ3) is 3.80. The molecule has 148 valence electrons. The zero-order chi connectivity index (χ0) is 19.5. The van der Waals surface area contributed by atoms with Gasteiger partial charge in [0, 0.05) is 12.7 Å². The molecule has 2 aromatic rings. The molecule has 2 fully saturated rings. The summed E-state index contributed by atoms with van der Waals surface area (Å²) in [6, 6.07) is 18.0. The lowest BCUT2D eigenvalue weighted by Gasteiger charge is -2.46. The highest BCUT2D eigenvalue weighted by Gasteiger charge is 2.51. The van der Waals surface area contributed by atoms with E-state index in [1.54, 1.807) is 30.3 Å². The Bertz CT molecular complexity index is 782. The van der Waals surface area contributed by atoms with Crippen LogP contribution in [0.3, 0.4) is 0 Å². The predicted octanol–water partition coefficient (Wildman–Crippen LogP) is 2.06. The minimum Gasteiger partial charge on any atom is -0.450 e. The second kappa shape index (κ2) is 8.38. The number of aliphatic hydroxyl groups excluding tert-OH is 1. The second-order valence-corrected chi connectivity index (χ2v) is 6.68. The molecule has 2 aliphatic rings. The van der Waals surface area contributed by atoms with E-state index in [0.29, 0.717) is 5.56 Å². The number of rotatable bonds is 4. The van der Waals surface area contributed by atoms with Crippen LogP contribution in [-0.4, -0.2) is 55.5 Å². The summed E-state index contributed by atoms with van der Waals surface area (Å²) < 4.78 is 28.4. The lowest BCUT2D eigenvalue weighted by atomic mass is 9.97. The highest BCUT2D eigenvalue weighted by Crippen LogP contribution is 2.35. The van der Waals surface area contributed by atoms with Crippen molar-refractivity contribution < 1.29 is 33.6 Å². The molecule has 2 saturated heterocycles. The van der Waals surface area contributed by atoms with E-state index in [1.165, 1.54) is 7.11 Å². The van der Waals surface area contributed by atoms with Gasteiger partial charge < -0.3 is 28.8 Å². The summed E-state index contributed by atoms with van der Waals surface area (Å²) in [5, 5.41) is 10.9. The molecule has 7 nitrogen and oxygen atoms in total. The van der Waals surface area contributed by atoms with Gasteiger partial charge in [-0.05, 0) is 12.1 Å². The number of aliphatic hydroxyl groups is 1. The van der Waals surface area contributed by atoms with Gasteiger partial charge in [0.25, 0.3) is 0 Å². The maximum absolute atomic E-state index is 12.5. The summed E-state index contributed by atoms with van der Waals surface area (Å²) in [5.41, 5.74) is 1.21. The van der Waals surface area contributed by atoms with Crippen LogP contribution >= 0.6 is 0 Å². The van der Waals surface area contributed by atoms with Gasteiger partial charge in [0.15, 0.2) is 18.7 Å². The topological polar surface area (TPSA) is 83.5 Å². The predicted molar refractivity (Wildman–Crippen MR) is 97.3 cm³/mol. The maximum atomic E-state index is 12.5. The van der Waals surface area contributed by atoms with E-state index >= 15 is 0 Å². The van der Waals surface area contributed by atoms with E-state index in [1.807, 2.05) is 30.3 Å². The highest BCUT2D eigenvalue weighted by atomic mass is 16.8. The van der Waals surface area contributed by atoms with Gasteiger partial charge in [-0.15, -0.1) is 0 Å². The molecule has 4 rings (SSSR count). The number of fused-ring (bicyclic) bond motifs is 1. The van der Waals surface area contributed by atoms with Gasteiger partial charge in [0.2, 0.25) is 0 Å². The van der Waals surface area contributed by atoms with Crippen LogP contribution in [0.1, 0.15) is 22.2 Å². The molecule has 1 N–H and O–H groups in total. The Balaban J connectivity index is 1.50. The van der Waals surface area contributed by atoms with E-state index in [2.05, 4.69) is 0 Å². The molecule has 0 spiro atoms. The third-order valence-electron chi connectivity index (χ3n) is 4.87. The quantitative estimate of drug-likeness (QED) is 0.806. The highest BCUT2D eigenvalue weighted by molar-refractivity contribution is 5.89. The summed E-state index contributed by atoms with van der Waals surface area (Å²) in [6.07, 6.45) is -4.99. The van der Waals surface area contributed by atoms with Crippen LogP contribution in [0.5, 0.6) is 0 Å². The molecule has 28 heavy (non-hydrogen) atoms. The average molecular weight is 386 g/mol. The zero-order valence-corrected chi connectivity index (χ0v) is 15.3. The van der Waals surface area contributed by atoms with Crippen LogP contribution in [0.15, 0.2) is 60.7 Å². The van der Waals surface area contributed by atoms with Gasteiger partial charge in [-0.1, -0.05) is 48.5 Å². The first kappa shape index (κ1) is 19.0. The molecule has 2 heterocycles. The van der Waals surface area contributed by atoms with Crippen LogP contribution in [-0.2, 0) is 23.7 Å². The van der Waals surface area contributed by atoms with Crippen molar-refractivity contribution in [2.24, 2.45) is 0 Å². The summed E-state index contributed by atoms with van der Waals surface area (Å²) in [6.45, 7) is 0.223. The molecule has 0 radical (unpaired) electrons. The smallest absolute Gasteiger partial charge is 0.338 e. The fraction of sp³-hybridized carbons (Fsp3) is 0.381. The Hall–Kier alpha value is -2.29. The molecule has 0 bridgehead atoms. The Morgan fingerprint density at radius 2 is 1.71 bits per heavy atom. The van der Waals surface area contributed by atoms with Gasteiger partial charge in [-0.2, -0.15) is 0 Å². The van der Waals surface area contributed by atoms with E-state index < -0.39 is 43.0 Å². The summed E-state index contributed by atoms with van der Waals surface area (Å²) in [7, 11) is 1.43. The molecule has 0 amide bonds. The van der Waals surface area contributed by atoms with Crippen molar-refractivity contribution in [2.75, 3.05) is 13.7 Å². The number of ether oxygens (including phenoxy) is 5. The standard InChI is InChI=1S/C21H22O7/c1-24-21-18(27-19(23)13-8-4-2-5-9-13)16(22)17-15(26-21)12-25-20(28-17)14-10-6-3-7-11-14/h2-11,15-18,20-22H,12H2,1H3/t15?,16?,17-,18?,20?,21+/m1/s1. The molecule has 4 unspecified atom stereocenters. The second-order valence-electron chi connectivity index (χ2n) is 6.68. The third-order valence-corrected chi connectivity index (χ3v) is 4.87. The van der Waals surface area contributed by atoms with Crippen molar-refractivity contribution in [1.82, 2.24) is 0 Å². The van der Waals surface area contributed by atoms with Crippen molar-refractivity contribution >= 4 is 5.97 Å². The monoisotopic (exact) mass is 386 g/mol. The lowest BCUT2D eigenvalue weighted by Crippen LogP contribution is -2.63. The largest absolute Gasteiger partial charge is 0.450 e. The molecule has 0 saturated carbocycles. The number of hydrogen-bond acceptors (Lipinski definition) is 7. The summed E-state index contributed by atoms with van der Waals surface area (Å²) in [5.74, 6) is -0.569. The van der Waals surface area contributed by atoms with Gasteiger partial charge in [-0.3, -0.25) is 0 Å². The van der Waals surface area contributed by atoms with Crippen molar-refractivity contribution in [2.45, 2.75) is 37.0 Å². The number of carbonyl (C=O) groups is 1. The number of carbonyl (C=O) groups excluding carboxylic acids is 1. The maximum Gasteiger partial charge on any atom is 0.338 e. The van der Waals surface area contributed by atoms with Crippen molar-refractivity contribution in [3.05, 3.63) is 71.8 Å². The lowest BCUT2D eigenvalue weighted by molar-refractivity contribution is -0.357. The van der Waals surface area contributed by atoms with E-state index in [9.17, 15) is 9.90 Å². The van der Waals surface area contributed by atoms with E-state index in [4.69, 9.17) is 23.7 Å². The summed E-state index contributed by atoms with van der Waals surface area (Å²) in [4.78, 5) is 12.5. The minimum atomic E-state index is -1.13. The van der Waals surface area contributed by atoms with Gasteiger partial charge in [-0.25, -0.2) is 4.79 Å². The molecule has 2 aliphatic heterocycles. The first-order valence-corrected chi connectivity index (χ1v) is 9.11. The molecule has 0 aromatic heterocycles. The van der Waals surface area contributed by atoms with Crippen LogP contribution in [0.2, 0.25) is 0 Å². The number of methoxy groups -OCH3 is 1. The van der Waals surface area contributed by atoms with Gasteiger partial charge in [0.05, 0.1) is 12.2 Å². The van der Waals surface area contributed by atoms with Crippen molar-refractivity contribution in [3.8, 4) is 0 Å². The van der Waals surface area contributed by atoms with E-state index in [-0.39, 0.29) is 6.61 Å². The number of benzene rings is 2. The van der Waals surface area contributed by atoms with Gasteiger partial charge in [0.1, 0.15) is 18.3 Å². The minimum absolute atomic E-state index is 0.223. The van der Waals surface area contributed by atoms with Crippen LogP contribution in [0, 0.1) is 0 Å². The van der Waals surface area contributed by atoms with Gasteiger partial charge >= 0.3 is 5.97 Å². The molecule has 2 aromatic carbocycles. The Kier molecular flexibility index (Phi) is 5.70. The fourth-order valence-corrected chi connectivity index (χ4v) is 3.43. The molecule has 7 heteroatoms. The van der Waals surface area contributed by atoms with Crippen LogP contribution < -0.4 is 0 Å². The molecule has 6 atom stereocenters. The van der Waals surface area contributed by atoms with Crippen molar-refractivity contribution in [3.63, 3.8) is 0 Å². The SMILES string of the molecule is CO[C@H]1OC2COC(c3ccccc3)O[C@H]2C(O)C1OC(=O)c1ccccc1. The Morgan fingerprint density at radius 1 is 1.04 bits per heavy atom. The molecular weight excluding hydrogens is 364 g/mol. The average Bonchev–Trinajstić information content (AvgIpc) is 2.76. The normalized spacial score (nSPS) is 32.4. The summed E-state index contributed by atoms with van der Waals surface area (Å²) >= 11 is 0. The van der Waals surface area contributed by atoms with E-state index in [0.717, 1.165) is 5.56 Å². The first-order valence-electron chi connectivity index (χ1n) is 9.11. The number of hydrogen-bond donors (Lipinski definition) is 1. The first-order chi connectivity index (χ1) is 13.7. The van der Waals surface area contributed by atoms with Crippen LogP contribution in [0.25, 0.3) is 0 Å². The van der Waals surface area contributed by atoms with Crippen molar-refractivity contribution in [1.29, 1.82) is 0 Å². The molecule has 0 aliphatic carbocycles. The number of esters is 1. The van der Waals surface area contributed by atoms with Crippen LogP contribution in [0.4, 0.5) is 0 Å². The fourth-order valence-electron chi connectivity index (χ4n) is 3.43.